The Bertz CT molecular complexity index is 1780. The van der Waals surface area contributed by atoms with E-state index in [1.165, 1.54) is 18.3 Å². The quantitative estimate of drug-likeness (QED) is 0.243. The molecule has 3 atom stereocenters. The van der Waals surface area contributed by atoms with Crippen LogP contribution in [-0.4, -0.2) is 38.1 Å². The van der Waals surface area contributed by atoms with E-state index in [0.717, 1.165) is 16.6 Å². The van der Waals surface area contributed by atoms with Crippen LogP contribution in [0.1, 0.15) is 52.1 Å². The summed E-state index contributed by atoms with van der Waals surface area (Å²) in [5.74, 6) is 0.563. The van der Waals surface area contributed by atoms with Crippen molar-refractivity contribution in [3.63, 3.8) is 0 Å². The fraction of sp³-hybridized carbons (Fsp3) is 0.242. The largest absolute Gasteiger partial charge is 0.439 e. The third-order valence-corrected chi connectivity index (χ3v) is 8.78. The SMILES string of the molecule is O=C1c2ccccc2CC1(c1ccc(Oc2ncccc2[C@@]2(C(F)(F)F)CC[C@@H](O)C2)cc1)c1nc2ccccc2[nH]1. The Morgan fingerprint density at radius 3 is 2.43 bits per heavy atom. The molecule has 9 heteroatoms. The Morgan fingerprint density at radius 2 is 1.71 bits per heavy atom. The zero-order valence-electron chi connectivity index (χ0n) is 22.4. The Hall–Kier alpha value is -4.50. The summed E-state index contributed by atoms with van der Waals surface area (Å²) in [5.41, 5.74) is 0.328. The molecule has 2 aliphatic carbocycles. The van der Waals surface area contributed by atoms with Crippen molar-refractivity contribution in [1.29, 1.82) is 0 Å². The van der Waals surface area contributed by atoms with Crippen LogP contribution in [0.5, 0.6) is 11.6 Å². The van der Waals surface area contributed by atoms with E-state index in [9.17, 15) is 23.1 Å². The number of rotatable bonds is 5. The first kappa shape index (κ1) is 26.4. The number of pyridine rings is 1. The summed E-state index contributed by atoms with van der Waals surface area (Å²) in [6.07, 6.45) is -4.51. The Labute approximate surface area is 239 Å². The Morgan fingerprint density at radius 1 is 0.952 bits per heavy atom. The molecule has 2 aliphatic rings. The number of benzene rings is 3. The average molecular weight is 570 g/mol. The van der Waals surface area contributed by atoms with E-state index in [4.69, 9.17) is 9.72 Å². The molecule has 212 valence electrons. The minimum Gasteiger partial charge on any atom is -0.439 e. The number of para-hydroxylation sites is 2. The number of ketones is 1. The number of aliphatic hydroxyl groups excluding tert-OH is 1. The second kappa shape index (κ2) is 9.52. The van der Waals surface area contributed by atoms with Gasteiger partial charge in [0.25, 0.3) is 0 Å². The summed E-state index contributed by atoms with van der Waals surface area (Å²) in [7, 11) is 0. The summed E-state index contributed by atoms with van der Waals surface area (Å²) in [6, 6.07) is 24.7. The van der Waals surface area contributed by atoms with E-state index in [2.05, 4.69) is 9.97 Å². The zero-order chi connectivity index (χ0) is 29.1. The lowest BCUT2D eigenvalue weighted by molar-refractivity contribution is -0.191. The molecule has 1 unspecified atom stereocenters. The minimum atomic E-state index is -4.59. The average Bonchev–Trinajstić information content (AvgIpc) is 3.68. The highest BCUT2D eigenvalue weighted by Gasteiger charge is 2.60. The molecule has 0 saturated heterocycles. The summed E-state index contributed by atoms with van der Waals surface area (Å²) in [4.78, 5) is 26.4. The first-order valence-corrected chi connectivity index (χ1v) is 13.8. The molecule has 42 heavy (non-hydrogen) atoms. The zero-order valence-corrected chi connectivity index (χ0v) is 22.4. The molecule has 0 amide bonds. The fourth-order valence-corrected chi connectivity index (χ4v) is 6.64. The number of carbonyl (C=O) groups is 1. The Balaban J connectivity index is 1.28. The van der Waals surface area contributed by atoms with Crippen LogP contribution in [-0.2, 0) is 17.3 Å². The van der Waals surface area contributed by atoms with Crippen molar-refractivity contribution in [2.45, 2.75) is 48.8 Å². The maximum absolute atomic E-state index is 14.4. The molecular weight excluding hydrogens is 543 g/mol. The van der Waals surface area contributed by atoms with Crippen molar-refractivity contribution < 1.29 is 27.8 Å². The van der Waals surface area contributed by atoms with Gasteiger partial charge in [-0.25, -0.2) is 9.97 Å². The standard InChI is InChI=1S/C33H26F3N3O3/c34-33(35,36)31(16-15-22(40)19-31)25-8-5-17-37-29(25)42-23-13-11-21(12-14-23)32(18-20-6-1-2-7-24(20)28(32)41)30-38-26-9-3-4-10-27(26)39-30/h1-14,17,22,40H,15-16,18-19H2,(H,38,39)/t22-,31-,32?/m1/s1. The van der Waals surface area contributed by atoms with Gasteiger partial charge >= 0.3 is 6.18 Å². The lowest BCUT2D eigenvalue weighted by Gasteiger charge is -2.33. The van der Waals surface area contributed by atoms with Crippen LogP contribution in [0.3, 0.4) is 0 Å². The van der Waals surface area contributed by atoms with Crippen molar-refractivity contribution in [1.82, 2.24) is 15.0 Å². The molecule has 0 radical (unpaired) electrons. The van der Waals surface area contributed by atoms with Crippen molar-refractivity contribution in [2.75, 3.05) is 0 Å². The van der Waals surface area contributed by atoms with Gasteiger partial charge in [-0.15, -0.1) is 0 Å². The van der Waals surface area contributed by atoms with E-state index < -0.39 is 29.5 Å². The molecule has 7 rings (SSSR count). The molecule has 2 heterocycles. The van der Waals surface area contributed by atoms with Gasteiger partial charge in [-0.05, 0) is 67.1 Å². The van der Waals surface area contributed by atoms with Gasteiger partial charge in [-0.2, -0.15) is 13.2 Å². The number of ether oxygens (including phenoxy) is 1. The molecule has 0 bridgehead atoms. The summed E-state index contributed by atoms with van der Waals surface area (Å²) < 4.78 is 49.2. The van der Waals surface area contributed by atoms with Gasteiger partial charge in [0.1, 0.15) is 17.0 Å². The molecule has 2 N–H and O–H groups in total. The van der Waals surface area contributed by atoms with Gasteiger partial charge in [0.05, 0.1) is 22.6 Å². The van der Waals surface area contributed by atoms with Crippen LogP contribution < -0.4 is 4.74 Å². The number of nitrogens with one attached hydrogen (secondary N) is 1. The number of nitrogens with zero attached hydrogens (tertiary/aromatic N) is 2. The maximum Gasteiger partial charge on any atom is 0.398 e. The highest BCUT2D eigenvalue weighted by Crippen LogP contribution is 2.54. The number of hydrogen-bond donors (Lipinski definition) is 2. The Kier molecular flexibility index (Phi) is 5.99. The number of aliphatic hydroxyl groups is 1. The highest BCUT2D eigenvalue weighted by atomic mass is 19.4. The molecule has 1 saturated carbocycles. The third-order valence-electron chi connectivity index (χ3n) is 8.78. The topological polar surface area (TPSA) is 88.1 Å². The summed E-state index contributed by atoms with van der Waals surface area (Å²) >= 11 is 0. The van der Waals surface area contributed by atoms with E-state index in [0.29, 0.717) is 23.4 Å². The number of aromatic amines is 1. The van der Waals surface area contributed by atoms with Gasteiger partial charge in [0, 0.05) is 17.3 Å². The van der Waals surface area contributed by atoms with Crippen LogP contribution in [0.25, 0.3) is 11.0 Å². The van der Waals surface area contributed by atoms with Gasteiger partial charge in [0.2, 0.25) is 5.88 Å². The minimum absolute atomic E-state index is 0.0445. The number of aromatic nitrogens is 3. The molecule has 6 nitrogen and oxygen atoms in total. The molecule has 1 fully saturated rings. The summed E-state index contributed by atoms with van der Waals surface area (Å²) in [6.45, 7) is 0. The molecule has 3 aromatic carbocycles. The molecule has 2 aromatic heterocycles. The van der Waals surface area contributed by atoms with Gasteiger partial charge in [-0.3, -0.25) is 4.79 Å². The number of halogens is 3. The van der Waals surface area contributed by atoms with Crippen LogP contribution in [0.2, 0.25) is 0 Å². The smallest absolute Gasteiger partial charge is 0.398 e. The van der Waals surface area contributed by atoms with Crippen molar-refractivity contribution in [2.24, 2.45) is 0 Å². The molecule has 0 spiro atoms. The lowest BCUT2D eigenvalue weighted by Crippen LogP contribution is -2.41. The molecule has 5 aromatic rings. The molecule has 0 aliphatic heterocycles. The normalized spacial score (nSPS) is 23.8. The lowest BCUT2D eigenvalue weighted by atomic mass is 9.76. The second-order valence-electron chi connectivity index (χ2n) is 11.1. The van der Waals surface area contributed by atoms with Crippen LogP contribution in [0.4, 0.5) is 13.2 Å². The van der Waals surface area contributed by atoms with Crippen molar-refractivity contribution in [3.05, 3.63) is 119 Å². The first-order valence-electron chi connectivity index (χ1n) is 13.8. The monoisotopic (exact) mass is 569 g/mol. The van der Waals surface area contributed by atoms with Crippen LogP contribution in [0, 0.1) is 0 Å². The maximum atomic E-state index is 14.4. The predicted molar refractivity (Wildman–Crippen MR) is 150 cm³/mol. The van der Waals surface area contributed by atoms with Crippen molar-refractivity contribution >= 4 is 16.8 Å². The van der Waals surface area contributed by atoms with Crippen molar-refractivity contribution in [3.8, 4) is 11.6 Å². The van der Waals surface area contributed by atoms with E-state index >= 15 is 0 Å². The highest BCUT2D eigenvalue weighted by molar-refractivity contribution is 6.10. The van der Waals surface area contributed by atoms with E-state index in [1.54, 1.807) is 24.3 Å². The number of carbonyl (C=O) groups excluding carboxylic acids is 1. The number of alkyl halides is 3. The van der Waals surface area contributed by atoms with E-state index in [1.807, 2.05) is 48.5 Å². The first-order chi connectivity index (χ1) is 20.2. The van der Waals surface area contributed by atoms with E-state index in [-0.39, 0.29) is 35.8 Å². The second-order valence-corrected chi connectivity index (χ2v) is 11.1. The van der Waals surface area contributed by atoms with Crippen LogP contribution in [0.15, 0.2) is 91.1 Å². The number of H-pyrrole nitrogens is 1. The third kappa shape index (κ3) is 3.94. The predicted octanol–water partition coefficient (Wildman–Crippen LogP) is 6.82. The number of fused-ring (bicyclic) bond motifs is 2. The number of imidazole rings is 1. The van der Waals surface area contributed by atoms with Gasteiger partial charge < -0.3 is 14.8 Å². The van der Waals surface area contributed by atoms with Gasteiger partial charge in [-0.1, -0.05) is 54.6 Å². The summed E-state index contributed by atoms with van der Waals surface area (Å²) in [5, 5.41) is 10.1. The fourth-order valence-electron chi connectivity index (χ4n) is 6.64. The number of Topliss-reactive ketones (excluding diaryl/α,β-unsaturated/α-hetero) is 1. The van der Waals surface area contributed by atoms with Crippen LogP contribution >= 0.6 is 0 Å². The van der Waals surface area contributed by atoms with Gasteiger partial charge in [0.15, 0.2) is 5.78 Å². The number of hydrogen-bond acceptors (Lipinski definition) is 5. The molecular formula is C33H26F3N3O3.